The van der Waals surface area contributed by atoms with E-state index in [0.717, 1.165) is 31.8 Å². The van der Waals surface area contributed by atoms with Crippen LogP contribution in [-0.4, -0.2) is 52.6 Å². The Kier molecular flexibility index (Phi) is 5.30. The molecule has 1 aromatic heterocycles. The third kappa shape index (κ3) is 4.26. The number of likely N-dealkylation sites (tertiary alicyclic amines) is 1. The molecular formula is C13H23N3O3. The smallest absolute Gasteiger partial charge is 0.240 e. The molecule has 0 saturated carbocycles. The average molecular weight is 269 g/mol. The summed E-state index contributed by atoms with van der Waals surface area (Å²) in [7, 11) is 0. The molecule has 1 aromatic rings. The highest BCUT2D eigenvalue weighted by atomic mass is 16.5. The lowest BCUT2D eigenvalue weighted by atomic mass is 10.1. The van der Waals surface area contributed by atoms with Gasteiger partial charge in [0, 0.05) is 19.0 Å². The predicted molar refractivity (Wildman–Crippen MR) is 69.7 cm³/mol. The second-order valence-electron chi connectivity index (χ2n) is 5.27. The largest absolute Gasteiger partial charge is 0.394 e. The summed E-state index contributed by atoms with van der Waals surface area (Å²) in [6.07, 6.45) is 2.26. The first kappa shape index (κ1) is 14.4. The monoisotopic (exact) mass is 269 g/mol. The lowest BCUT2D eigenvalue weighted by Crippen LogP contribution is -2.37. The quantitative estimate of drug-likeness (QED) is 0.835. The lowest BCUT2D eigenvalue weighted by Gasteiger charge is -2.30. The molecule has 0 bridgehead atoms. The van der Waals surface area contributed by atoms with E-state index in [-0.39, 0.29) is 12.7 Å². The van der Waals surface area contributed by atoms with Crippen molar-refractivity contribution in [3.63, 3.8) is 0 Å². The van der Waals surface area contributed by atoms with Gasteiger partial charge in [-0.2, -0.15) is 4.98 Å². The molecule has 0 unspecified atom stereocenters. The molecule has 1 fully saturated rings. The van der Waals surface area contributed by atoms with Gasteiger partial charge in [-0.15, -0.1) is 0 Å². The fraction of sp³-hybridized carbons (Fsp3) is 0.846. The molecule has 19 heavy (non-hydrogen) atoms. The third-order valence-corrected chi connectivity index (χ3v) is 3.34. The summed E-state index contributed by atoms with van der Waals surface area (Å²) >= 11 is 0. The van der Waals surface area contributed by atoms with Crippen LogP contribution < -0.4 is 0 Å². The Balaban J connectivity index is 1.75. The number of aliphatic hydroxyl groups is 1. The van der Waals surface area contributed by atoms with E-state index in [2.05, 4.69) is 28.9 Å². The van der Waals surface area contributed by atoms with Crippen LogP contribution in [0.1, 0.15) is 44.3 Å². The molecule has 108 valence electrons. The van der Waals surface area contributed by atoms with Crippen LogP contribution in [0, 0.1) is 0 Å². The van der Waals surface area contributed by atoms with Crippen molar-refractivity contribution >= 4 is 0 Å². The molecule has 0 aliphatic carbocycles. The van der Waals surface area contributed by atoms with Crippen LogP contribution in [0.3, 0.4) is 0 Å². The Morgan fingerprint density at radius 1 is 1.42 bits per heavy atom. The SMILES string of the molecule is CC(C)c1noc(CN2CCC(OCCO)CC2)n1. The molecule has 6 heteroatoms. The molecule has 0 atom stereocenters. The number of ether oxygens (including phenoxy) is 1. The zero-order valence-corrected chi connectivity index (χ0v) is 11.7. The fourth-order valence-electron chi connectivity index (χ4n) is 2.21. The molecule has 0 radical (unpaired) electrons. The van der Waals surface area contributed by atoms with Gasteiger partial charge in [-0.25, -0.2) is 0 Å². The maximum atomic E-state index is 8.73. The van der Waals surface area contributed by atoms with E-state index < -0.39 is 0 Å². The maximum Gasteiger partial charge on any atom is 0.240 e. The van der Waals surface area contributed by atoms with Gasteiger partial charge in [0.15, 0.2) is 5.82 Å². The van der Waals surface area contributed by atoms with Gasteiger partial charge in [-0.3, -0.25) is 4.90 Å². The van der Waals surface area contributed by atoms with Gasteiger partial charge in [-0.1, -0.05) is 19.0 Å². The van der Waals surface area contributed by atoms with Crippen LogP contribution in [0.2, 0.25) is 0 Å². The van der Waals surface area contributed by atoms with Gasteiger partial charge in [0.25, 0.3) is 0 Å². The van der Waals surface area contributed by atoms with Crippen LogP contribution in [0.15, 0.2) is 4.52 Å². The summed E-state index contributed by atoms with van der Waals surface area (Å²) in [6.45, 7) is 7.29. The minimum Gasteiger partial charge on any atom is -0.394 e. The first-order valence-corrected chi connectivity index (χ1v) is 6.96. The Morgan fingerprint density at radius 2 is 2.16 bits per heavy atom. The highest BCUT2D eigenvalue weighted by Crippen LogP contribution is 2.16. The summed E-state index contributed by atoms with van der Waals surface area (Å²) in [6, 6.07) is 0. The van der Waals surface area contributed by atoms with E-state index in [1.165, 1.54) is 0 Å². The van der Waals surface area contributed by atoms with Crippen molar-refractivity contribution in [1.82, 2.24) is 15.0 Å². The Morgan fingerprint density at radius 3 is 2.74 bits per heavy atom. The van der Waals surface area contributed by atoms with Crippen molar-refractivity contribution in [1.29, 1.82) is 0 Å². The van der Waals surface area contributed by atoms with E-state index in [1.807, 2.05) is 0 Å². The van der Waals surface area contributed by atoms with Gasteiger partial charge in [0.05, 0.1) is 25.9 Å². The fourth-order valence-corrected chi connectivity index (χ4v) is 2.21. The van der Waals surface area contributed by atoms with Crippen molar-refractivity contribution in [3.05, 3.63) is 11.7 Å². The maximum absolute atomic E-state index is 8.73. The molecule has 2 heterocycles. The van der Waals surface area contributed by atoms with E-state index in [9.17, 15) is 0 Å². The molecule has 0 amide bonds. The van der Waals surface area contributed by atoms with Crippen molar-refractivity contribution in [2.75, 3.05) is 26.3 Å². The van der Waals surface area contributed by atoms with Crippen molar-refractivity contribution < 1.29 is 14.4 Å². The van der Waals surface area contributed by atoms with Gasteiger partial charge >= 0.3 is 0 Å². The lowest BCUT2D eigenvalue weighted by molar-refractivity contribution is -0.0104. The molecule has 2 rings (SSSR count). The van der Waals surface area contributed by atoms with Crippen LogP contribution in [-0.2, 0) is 11.3 Å². The van der Waals surface area contributed by atoms with Crippen LogP contribution in [0.25, 0.3) is 0 Å². The average Bonchev–Trinajstić information content (AvgIpc) is 2.87. The molecule has 1 aliphatic rings. The number of hydrogen-bond donors (Lipinski definition) is 1. The van der Waals surface area contributed by atoms with Crippen molar-refractivity contribution in [2.45, 2.75) is 45.3 Å². The minimum atomic E-state index is 0.0974. The standard InChI is InChI=1S/C13H23N3O3/c1-10(2)13-14-12(19-15-13)9-16-5-3-11(4-6-16)18-8-7-17/h10-11,17H,3-9H2,1-2H3. The van der Waals surface area contributed by atoms with Crippen LogP contribution in [0.5, 0.6) is 0 Å². The zero-order chi connectivity index (χ0) is 13.7. The predicted octanol–water partition coefficient (Wildman–Crippen LogP) is 1.17. The van der Waals surface area contributed by atoms with E-state index in [0.29, 0.717) is 25.0 Å². The number of aromatic nitrogens is 2. The summed E-state index contributed by atoms with van der Waals surface area (Å²) in [5.41, 5.74) is 0. The summed E-state index contributed by atoms with van der Waals surface area (Å²) < 4.78 is 10.8. The topological polar surface area (TPSA) is 71.6 Å². The number of aliphatic hydroxyl groups excluding tert-OH is 1. The number of piperidine rings is 1. The number of rotatable bonds is 6. The Bertz CT molecular complexity index is 373. The second kappa shape index (κ2) is 6.98. The van der Waals surface area contributed by atoms with E-state index >= 15 is 0 Å². The molecule has 0 aromatic carbocycles. The highest BCUT2D eigenvalue weighted by molar-refractivity contribution is 4.92. The zero-order valence-electron chi connectivity index (χ0n) is 11.7. The van der Waals surface area contributed by atoms with Crippen molar-refractivity contribution in [2.24, 2.45) is 0 Å². The van der Waals surface area contributed by atoms with Gasteiger partial charge in [-0.05, 0) is 12.8 Å². The molecule has 1 saturated heterocycles. The van der Waals surface area contributed by atoms with Gasteiger partial charge < -0.3 is 14.4 Å². The molecule has 1 N–H and O–H groups in total. The molecule has 6 nitrogen and oxygen atoms in total. The Hall–Kier alpha value is -0.980. The molecule has 1 aliphatic heterocycles. The summed E-state index contributed by atoms with van der Waals surface area (Å²) in [5, 5.41) is 12.7. The van der Waals surface area contributed by atoms with Crippen molar-refractivity contribution in [3.8, 4) is 0 Å². The number of hydrogen-bond acceptors (Lipinski definition) is 6. The summed E-state index contributed by atoms with van der Waals surface area (Å²) in [4.78, 5) is 6.69. The number of nitrogens with zero attached hydrogens (tertiary/aromatic N) is 3. The first-order valence-electron chi connectivity index (χ1n) is 6.96. The van der Waals surface area contributed by atoms with Crippen LogP contribution in [0.4, 0.5) is 0 Å². The summed E-state index contributed by atoms with van der Waals surface area (Å²) in [5.74, 6) is 1.77. The van der Waals surface area contributed by atoms with Gasteiger partial charge in [0.1, 0.15) is 0 Å². The van der Waals surface area contributed by atoms with Crippen LogP contribution >= 0.6 is 0 Å². The molecular weight excluding hydrogens is 246 g/mol. The molecule has 0 spiro atoms. The van der Waals surface area contributed by atoms with E-state index in [1.54, 1.807) is 0 Å². The van der Waals surface area contributed by atoms with Gasteiger partial charge in [0.2, 0.25) is 5.89 Å². The van der Waals surface area contributed by atoms with E-state index in [4.69, 9.17) is 14.4 Å². The third-order valence-electron chi connectivity index (χ3n) is 3.34. The highest BCUT2D eigenvalue weighted by Gasteiger charge is 2.21. The normalized spacial score (nSPS) is 18.3. The minimum absolute atomic E-state index is 0.0974. The second-order valence-corrected chi connectivity index (χ2v) is 5.27. The first-order chi connectivity index (χ1) is 9.19. The Labute approximate surface area is 113 Å².